The van der Waals surface area contributed by atoms with E-state index < -0.39 is 0 Å². The van der Waals surface area contributed by atoms with Gasteiger partial charge in [0.25, 0.3) is 0 Å². The fourth-order valence-electron chi connectivity index (χ4n) is 1.97. The Hall–Kier alpha value is -0.860. The first-order chi connectivity index (χ1) is 7.61. The lowest BCUT2D eigenvalue weighted by Crippen LogP contribution is -2.41. The van der Waals surface area contributed by atoms with E-state index in [2.05, 4.69) is 68.5 Å². The largest absolute Gasteiger partial charge is 0.311 e. The van der Waals surface area contributed by atoms with Gasteiger partial charge in [0, 0.05) is 19.1 Å². The van der Waals surface area contributed by atoms with E-state index in [1.807, 2.05) is 0 Å². The van der Waals surface area contributed by atoms with Gasteiger partial charge in [-0.2, -0.15) is 0 Å². The number of nitrogens with one attached hydrogen (secondary N) is 1. The number of nitrogens with zero attached hydrogens (tertiary/aromatic N) is 1. The third-order valence-electron chi connectivity index (χ3n) is 2.96. The summed E-state index contributed by atoms with van der Waals surface area (Å²) in [7, 11) is 4.30. The van der Waals surface area contributed by atoms with Crippen molar-refractivity contribution in [3.63, 3.8) is 0 Å². The maximum absolute atomic E-state index is 3.52. The first-order valence-corrected chi connectivity index (χ1v) is 6.02. The molecule has 0 fully saturated rings. The zero-order valence-corrected chi connectivity index (χ0v) is 10.9. The van der Waals surface area contributed by atoms with Gasteiger partial charge < -0.3 is 10.2 Å². The topological polar surface area (TPSA) is 15.3 Å². The van der Waals surface area contributed by atoms with Crippen molar-refractivity contribution in [2.45, 2.75) is 26.4 Å². The Morgan fingerprint density at radius 1 is 1.12 bits per heavy atom. The summed E-state index contributed by atoms with van der Waals surface area (Å²) in [6.45, 7) is 6.54. The lowest BCUT2D eigenvalue weighted by atomic mass is 10.0. The molecule has 0 aliphatic carbocycles. The molecule has 1 atom stereocenters. The summed E-state index contributed by atoms with van der Waals surface area (Å²) in [5.41, 5.74) is 1.35. The Bertz CT molecular complexity index is 272. The minimum atomic E-state index is 0.601. The van der Waals surface area contributed by atoms with Crippen molar-refractivity contribution >= 4 is 0 Å². The molecule has 0 saturated heterocycles. The first-order valence-electron chi connectivity index (χ1n) is 6.02. The molecule has 2 nitrogen and oxygen atoms in total. The lowest BCUT2D eigenvalue weighted by Gasteiger charge is -2.28. The van der Waals surface area contributed by atoms with Crippen LogP contribution in [0.4, 0.5) is 0 Å². The van der Waals surface area contributed by atoms with Gasteiger partial charge >= 0.3 is 0 Å². The zero-order chi connectivity index (χ0) is 12.0. The van der Waals surface area contributed by atoms with Crippen molar-refractivity contribution in [1.82, 2.24) is 10.2 Å². The molecule has 0 amide bonds. The average Bonchev–Trinajstić information content (AvgIpc) is 2.24. The fraction of sp³-hybridized carbons (Fsp3) is 0.571. The summed E-state index contributed by atoms with van der Waals surface area (Å²) in [6.07, 6.45) is 0. The smallest absolute Gasteiger partial charge is 0.0237 e. The Morgan fingerprint density at radius 2 is 1.75 bits per heavy atom. The molecule has 1 N–H and O–H groups in total. The average molecular weight is 220 g/mol. The highest BCUT2D eigenvalue weighted by molar-refractivity contribution is 5.14. The quantitative estimate of drug-likeness (QED) is 0.792. The van der Waals surface area contributed by atoms with Gasteiger partial charge in [0.2, 0.25) is 0 Å². The van der Waals surface area contributed by atoms with Gasteiger partial charge in [0.1, 0.15) is 0 Å². The number of hydrogen-bond acceptors (Lipinski definition) is 2. The zero-order valence-electron chi connectivity index (χ0n) is 10.9. The highest BCUT2D eigenvalue weighted by Crippen LogP contribution is 2.06. The minimum Gasteiger partial charge on any atom is -0.311 e. The van der Waals surface area contributed by atoms with E-state index >= 15 is 0 Å². The molecule has 0 bridgehead atoms. The number of likely N-dealkylation sites (N-methyl/N-ethyl adjacent to an activating group) is 1. The lowest BCUT2D eigenvalue weighted by molar-refractivity contribution is 0.224. The summed E-state index contributed by atoms with van der Waals surface area (Å²) >= 11 is 0. The van der Waals surface area contributed by atoms with Crippen LogP contribution in [0.15, 0.2) is 30.3 Å². The Balaban J connectivity index is 2.34. The van der Waals surface area contributed by atoms with E-state index in [4.69, 9.17) is 0 Å². The van der Waals surface area contributed by atoms with Crippen LogP contribution in [0.5, 0.6) is 0 Å². The summed E-state index contributed by atoms with van der Waals surface area (Å²) in [5, 5.41) is 3.52. The highest BCUT2D eigenvalue weighted by atomic mass is 15.1. The van der Waals surface area contributed by atoms with E-state index in [1.165, 1.54) is 5.56 Å². The molecule has 0 saturated carbocycles. The minimum absolute atomic E-state index is 0.601. The molecular formula is C14H24N2. The maximum atomic E-state index is 3.52. The van der Waals surface area contributed by atoms with Crippen molar-refractivity contribution < 1.29 is 0 Å². The van der Waals surface area contributed by atoms with Crippen LogP contribution in [-0.4, -0.2) is 31.6 Å². The second kappa shape index (κ2) is 6.66. The fourth-order valence-corrected chi connectivity index (χ4v) is 1.97. The van der Waals surface area contributed by atoms with Crippen molar-refractivity contribution in [2.24, 2.45) is 5.92 Å². The molecule has 16 heavy (non-hydrogen) atoms. The van der Waals surface area contributed by atoms with Crippen molar-refractivity contribution in [3.8, 4) is 0 Å². The molecule has 0 aromatic heterocycles. The Kier molecular flexibility index (Phi) is 5.50. The van der Waals surface area contributed by atoms with Crippen molar-refractivity contribution in [3.05, 3.63) is 35.9 Å². The van der Waals surface area contributed by atoms with Crippen LogP contribution in [0.25, 0.3) is 0 Å². The van der Waals surface area contributed by atoms with Crippen LogP contribution in [0.1, 0.15) is 19.4 Å². The molecule has 90 valence electrons. The van der Waals surface area contributed by atoms with Gasteiger partial charge in [-0.05, 0) is 25.6 Å². The van der Waals surface area contributed by atoms with E-state index in [0.717, 1.165) is 13.1 Å². The second-order valence-corrected chi connectivity index (χ2v) is 4.89. The third kappa shape index (κ3) is 4.33. The molecule has 1 unspecified atom stereocenters. The monoisotopic (exact) mass is 220 g/mol. The van der Waals surface area contributed by atoms with Gasteiger partial charge in [0.05, 0.1) is 0 Å². The molecule has 1 aromatic carbocycles. The molecule has 1 aromatic rings. The molecular weight excluding hydrogens is 196 g/mol. The molecule has 0 spiro atoms. The van der Waals surface area contributed by atoms with Gasteiger partial charge in [0.15, 0.2) is 0 Å². The normalized spacial score (nSPS) is 13.4. The number of hydrogen-bond donors (Lipinski definition) is 1. The highest BCUT2D eigenvalue weighted by Gasteiger charge is 2.14. The third-order valence-corrected chi connectivity index (χ3v) is 2.96. The first kappa shape index (κ1) is 13.2. The molecule has 0 radical (unpaired) electrons. The standard InChI is InChI=1S/C14H24N2/c1-12(2)14(16(3)4)11-15-10-13-8-6-5-7-9-13/h5-9,12,14-15H,10-11H2,1-4H3. The van der Waals surface area contributed by atoms with E-state index in [9.17, 15) is 0 Å². The summed E-state index contributed by atoms with van der Waals surface area (Å²) in [5.74, 6) is 0.679. The molecule has 0 heterocycles. The van der Waals surface area contributed by atoms with Crippen molar-refractivity contribution in [2.75, 3.05) is 20.6 Å². The van der Waals surface area contributed by atoms with Gasteiger partial charge in [-0.3, -0.25) is 0 Å². The van der Waals surface area contributed by atoms with E-state index in [1.54, 1.807) is 0 Å². The molecule has 2 heteroatoms. The van der Waals surface area contributed by atoms with E-state index in [0.29, 0.717) is 12.0 Å². The summed E-state index contributed by atoms with van der Waals surface area (Å²) in [6, 6.07) is 11.1. The Morgan fingerprint density at radius 3 is 2.25 bits per heavy atom. The van der Waals surface area contributed by atoms with Gasteiger partial charge in [-0.15, -0.1) is 0 Å². The van der Waals surface area contributed by atoms with Crippen LogP contribution in [0, 0.1) is 5.92 Å². The molecule has 0 aliphatic heterocycles. The molecule has 1 rings (SSSR count). The van der Waals surface area contributed by atoms with Gasteiger partial charge in [-0.25, -0.2) is 0 Å². The predicted octanol–water partition coefficient (Wildman–Crippen LogP) is 2.36. The number of benzene rings is 1. The Labute approximate surface area is 99.7 Å². The predicted molar refractivity (Wildman–Crippen MR) is 70.5 cm³/mol. The van der Waals surface area contributed by atoms with Crippen LogP contribution >= 0.6 is 0 Å². The summed E-state index contributed by atoms with van der Waals surface area (Å²) in [4.78, 5) is 2.29. The van der Waals surface area contributed by atoms with E-state index in [-0.39, 0.29) is 0 Å². The second-order valence-electron chi connectivity index (χ2n) is 4.89. The van der Waals surface area contributed by atoms with Crippen LogP contribution < -0.4 is 5.32 Å². The van der Waals surface area contributed by atoms with Crippen LogP contribution in [0.2, 0.25) is 0 Å². The summed E-state index contributed by atoms with van der Waals surface area (Å²) < 4.78 is 0. The number of rotatable bonds is 6. The van der Waals surface area contributed by atoms with Gasteiger partial charge in [-0.1, -0.05) is 44.2 Å². The van der Waals surface area contributed by atoms with Crippen LogP contribution in [0.3, 0.4) is 0 Å². The maximum Gasteiger partial charge on any atom is 0.0237 e. The van der Waals surface area contributed by atoms with Crippen molar-refractivity contribution in [1.29, 1.82) is 0 Å². The SMILES string of the molecule is CC(C)C(CNCc1ccccc1)N(C)C. The molecule has 0 aliphatic rings. The van der Waals surface area contributed by atoms with Crippen LogP contribution in [-0.2, 0) is 6.54 Å².